The second-order valence-corrected chi connectivity index (χ2v) is 5.48. The minimum atomic E-state index is 0.721. The minimum Gasteiger partial charge on any atom is -0.399 e. The van der Waals surface area contributed by atoms with E-state index >= 15 is 0 Å². The molecule has 0 fully saturated rings. The van der Waals surface area contributed by atoms with E-state index in [0.717, 1.165) is 39.5 Å². The fourth-order valence-electron chi connectivity index (χ4n) is 2.76. The van der Waals surface area contributed by atoms with Gasteiger partial charge in [0.1, 0.15) is 5.82 Å². The van der Waals surface area contributed by atoms with Crippen molar-refractivity contribution in [1.29, 1.82) is 0 Å². The minimum absolute atomic E-state index is 0.721. The van der Waals surface area contributed by atoms with E-state index in [1.54, 1.807) is 0 Å². The number of imidazole rings is 1. The van der Waals surface area contributed by atoms with Gasteiger partial charge in [0.05, 0.1) is 11.0 Å². The normalized spacial score (nSPS) is 11.0. The third-order valence-electron chi connectivity index (χ3n) is 3.86. The molecule has 0 unspecified atom stereocenters. The van der Waals surface area contributed by atoms with Crippen molar-refractivity contribution in [2.45, 2.75) is 0 Å². The SMILES string of the molecule is Nc1ccc(-c2nc3ccc(N)cc3n2-c2ccccc2)cc1. The summed E-state index contributed by atoms with van der Waals surface area (Å²) in [6, 6.07) is 23.7. The summed E-state index contributed by atoms with van der Waals surface area (Å²) in [4.78, 5) is 4.80. The monoisotopic (exact) mass is 300 g/mol. The van der Waals surface area contributed by atoms with Crippen LogP contribution in [0.3, 0.4) is 0 Å². The molecule has 0 aliphatic carbocycles. The number of benzene rings is 3. The molecule has 0 atom stereocenters. The Hall–Kier alpha value is -3.27. The molecule has 1 heterocycles. The van der Waals surface area contributed by atoms with E-state index in [-0.39, 0.29) is 0 Å². The maximum absolute atomic E-state index is 5.98. The summed E-state index contributed by atoms with van der Waals surface area (Å²) >= 11 is 0. The smallest absolute Gasteiger partial charge is 0.145 e. The maximum atomic E-state index is 5.98. The van der Waals surface area contributed by atoms with Gasteiger partial charge in [0.25, 0.3) is 0 Å². The molecule has 0 bridgehead atoms. The zero-order valence-corrected chi connectivity index (χ0v) is 12.5. The Balaban J connectivity index is 2.05. The van der Waals surface area contributed by atoms with Crippen molar-refractivity contribution in [3.05, 3.63) is 72.8 Å². The van der Waals surface area contributed by atoms with Crippen molar-refractivity contribution < 1.29 is 0 Å². The summed E-state index contributed by atoms with van der Waals surface area (Å²) < 4.78 is 2.12. The van der Waals surface area contributed by atoms with Crippen LogP contribution in [0, 0.1) is 0 Å². The Bertz CT molecular complexity index is 970. The number of hydrogen-bond acceptors (Lipinski definition) is 3. The average Bonchev–Trinajstić information content (AvgIpc) is 2.95. The topological polar surface area (TPSA) is 69.9 Å². The summed E-state index contributed by atoms with van der Waals surface area (Å²) in [6.45, 7) is 0. The third-order valence-corrected chi connectivity index (χ3v) is 3.86. The fraction of sp³-hybridized carbons (Fsp3) is 0. The second-order valence-electron chi connectivity index (χ2n) is 5.48. The summed E-state index contributed by atoms with van der Waals surface area (Å²) in [5, 5.41) is 0. The molecule has 4 aromatic rings. The highest BCUT2D eigenvalue weighted by molar-refractivity contribution is 5.85. The van der Waals surface area contributed by atoms with Gasteiger partial charge in [-0.1, -0.05) is 18.2 Å². The first-order valence-electron chi connectivity index (χ1n) is 7.42. The molecule has 0 aliphatic rings. The Morgan fingerprint density at radius 2 is 1.43 bits per heavy atom. The zero-order valence-electron chi connectivity index (χ0n) is 12.5. The molecule has 3 aromatic carbocycles. The van der Waals surface area contributed by atoms with Crippen LogP contribution in [-0.2, 0) is 0 Å². The van der Waals surface area contributed by atoms with E-state index in [1.807, 2.05) is 60.7 Å². The van der Waals surface area contributed by atoms with Crippen LogP contribution in [0.1, 0.15) is 0 Å². The lowest BCUT2D eigenvalue weighted by Gasteiger charge is -2.10. The predicted octanol–water partition coefficient (Wildman–Crippen LogP) is 3.86. The van der Waals surface area contributed by atoms with Crippen LogP contribution in [0.15, 0.2) is 72.8 Å². The molecule has 0 amide bonds. The molecule has 23 heavy (non-hydrogen) atoms. The first-order valence-corrected chi connectivity index (χ1v) is 7.42. The van der Waals surface area contributed by atoms with Crippen LogP contribution >= 0.6 is 0 Å². The lowest BCUT2D eigenvalue weighted by Crippen LogP contribution is -1.98. The molecular formula is C19H16N4. The number of nitrogens with zero attached hydrogens (tertiary/aromatic N) is 2. The van der Waals surface area contributed by atoms with Gasteiger partial charge >= 0.3 is 0 Å². The number of rotatable bonds is 2. The summed E-state index contributed by atoms with van der Waals surface area (Å²) in [6.07, 6.45) is 0. The number of fused-ring (bicyclic) bond motifs is 1. The van der Waals surface area contributed by atoms with Gasteiger partial charge < -0.3 is 11.5 Å². The van der Waals surface area contributed by atoms with E-state index in [2.05, 4.69) is 16.7 Å². The lowest BCUT2D eigenvalue weighted by molar-refractivity contribution is 1.10. The number of hydrogen-bond donors (Lipinski definition) is 2. The van der Waals surface area contributed by atoms with E-state index < -0.39 is 0 Å². The molecule has 4 N–H and O–H groups in total. The first-order chi connectivity index (χ1) is 11.2. The maximum Gasteiger partial charge on any atom is 0.145 e. The van der Waals surface area contributed by atoms with Crippen LogP contribution in [0.2, 0.25) is 0 Å². The number of nitrogens with two attached hydrogens (primary N) is 2. The number of nitrogen functional groups attached to an aromatic ring is 2. The number of aromatic nitrogens is 2. The van der Waals surface area contributed by atoms with Crippen molar-refractivity contribution in [3.63, 3.8) is 0 Å². The molecule has 112 valence electrons. The highest BCUT2D eigenvalue weighted by atomic mass is 15.1. The largest absolute Gasteiger partial charge is 0.399 e. The van der Waals surface area contributed by atoms with Crippen LogP contribution in [0.4, 0.5) is 11.4 Å². The quantitative estimate of drug-likeness (QED) is 0.552. The molecule has 0 saturated heterocycles. The molecule has 4 nitrogen and oxygen atoms in total. The summed E-state index contributed by atoms with van der Waals surface area (Å²) in [5.41, 5.74) is 17.2. The van der Waals surface area contributed by atoms with Gasteiger partial charge in [-0.2, -0.15) is 0 Å². The predicted molar refractivity (Wildman–Crippen MR) is 95.3 cm³/mol. The average molecular weight is 300 g/mol. The molecule has 0 radical (unpaired) electrons. The lowest BCUT2D eigenvalue weighted by atomic mass is 10.2. The van der Waals surface area contributed by atoms with Gasteiger partial charge in [0, 0.05) is 22.6 Å². The van der Waals surface area contributed by atoms with Gasteiger partial charge in [-0.05, 0) is 54.6 Å². The van der Waals surface area contributed by atoms with Crippen molar-refractivity contribution >= 4 is 22.4 Å². The first kappa shape index (κ1) is 13.4. The number of para-hydroxylation sites is 1. The van der Waals surface area contributed by atoms with Crippen LogP contribution in [0.25, 0.3) is 28.1 Å². The standard InChI is InChI=1S/C19H16N4/c20-14-8-6-13(7-9-14)19-22-17-11-10-15(21)12-18(17)23(19)16-4-2-1-3-5-16/h1-12H,20-21H2. The summed E-state index contributed by atoms with van der Waals surface area (Å²) in [5.74, 6) is 0.872. The van der Waals surface area contributed by atoms with Gasteiger partial charge in [-0.3, -0.25) is 4.57 Å². The van der Waals surface area contributed by atoms with Gasteiger partial charge in [0.2, 0.25) is 0 Å². The molecule has 0 saturated carbocycles. The highest BCUT2D eigenvalue weighted by Gasteiger charge is 2.14. The Morgan fingerprint density at radius 1 is 0.739 bits per heavy atom. The van der Waals surface area contributed by atoms with Crippen LogP contribution in [0.5, 0.6) is 0 Å². The van der Waals surface area contributed by atoms with Crippen LogP contribution in [-0.4, -0.2) is 9.55 Å². The van der Waals surface area contributed by atoms with Crippen molar-refractivity contribution in [1.82, 2.24) is 9.55 Å². The zero-order chi connectivity index (χ0) is 15.8. The molecule has 4 rings (SSSR count). The van der Waals surface area contributed by atoms with Gasteiger partial charge in [-0.15, -0.1) is 0 Å². The highest BCUT2D eigenvalue weighted by Crippen LogP contribution is 2.30. The van der Waals surface area contributed by atoms with Crippen molar-refractivity contribution in [3.8, 4) is 17.1 Å². The summed E-state index contributed by atoms with van der Waals surface area (Å²) in [7, 11) is 0. The molecule has 1 aromatic heterocycles. The van der Waals surface area contributed by atoms with E-state index in [9.17, 15) is 0 Å². The Labute approximate surface area is 134 Å². The van der Waals surface area contributed by atoms with Crippen molar-refractivity contribution in [2.75, 3.05) is 11.5 Å². The number of anilines is 2. The molecule has 4 heteroatoms. The fourth-order valence-corrected chi connectivity index (χ4v) is 2.76. The van der Waals surface area contributed by atoms with Gasteiger partial charge in [-0.25, -0.2) is 4.98 Å². The Kier molecular flexibility index (Phi) is 3.01. The third kappa shape index (κ3) is 2.30. The van der Waals surface area contributed by atoms with E-state index in [1.165, 1.54) is 0 Å². The second kappa shape index (κ2) is 5.18. The van der Waals surface area contributed by atoms with E-state index in [0.29, 0.717) is 0 Å². The van der Waals surface area contributed by atoms with Gasteiger partial charge in [0.15, 0.2) is 0 Å². The molecular weight excluding hydrogens is 284 g/mol. The van der Waals surface area contributed by atoms with Crippen molar-refractivity contribution in [2.24, 2.45) is 0 Å². The molecule has 0 spiro atoms. The molecule has 0 aliphatic heterocycles. The van der Waals surface area contributed by atoms with E-state index in [4.69, 9.17) is 16.5 Å². The Morgan fingerprint density at radius 3 is 2.17 bits per heavy atom. The van der Waals surface area contributed by atoms with Crippen LogP contribution < -0.4 is 11.5 Å².